The van der Waals surface area contributed by atoms with Gasteiger partial charge in [0.25, 0.3) is 0 Å². The molecule has 3 rings (SSSR count). The summed E-state index contributed by atoms with van der Waals surface area (Å²) in [4.78, 5) is 12.6. The second-order valence-corrected chi connectivity index (χ2v) is 10.0. The van der Waals surface area contributed by atoms with Gasteiger partial charge in [-0.3, -0.25) is 4.79 Å². The first-order valence-corrected chi connectivity index (χ1v) is 11.9. The maximum absolute atomic E-state index is 12.7. The minimum absolute atomic E-state index is 0.112. The van der Waals surface area contributed by atoms with Crippen molar-refractivity contribution in [2.75, 3.05) is 24.2 Å². The molecule has 28 heavy (non-hydrogen) atoms. The lowest BCUT2D eigenvalue weighted by atomic mass is 9.99. The van der Waals surface area contributed by atoms with Crippen LogP contribution in [0.3, 0.4) is 0 Å². The molecule has 7 heteroatoms. The van der Waals surface area contributed by atoms with Gasteiger partial charge in [0.1, 0.15) is 0 Å². The molecule has 1 atom stereocenters. The van der Waals surface area contributed by atoms with Crippen molar-refractivity contribution in [2.45, 2.75) is 25.7 Å². The van der Waals surface area contributed by atoms with E-state index in [2.05, 4.69) is 21.2 Å². The predicted octanol–water partition coefficient (Wildman–Crippen LogP) is 4.06. The molecule has 2 aromatic rings. The Kier molecular flexibility index (Phi) is 7.26. The summed E-state index contributed by atoms with van der Waals surface area (Å²) in [6.45, 7) is 0.746. The number of anilines is 1. The summed E-state index contributed by atoms with van der Waals surface area (Å²) in [6.07, 6.45) is 2.72. The molecule has 5 nitrogen and oxygen atoms in total. The van der Waals surface area contributed by atoms with E-state index in [0.717, 1.165) is 16.5 Å². The number of nitrogens with zero attached hydrogens (tertiary/aromatic N) is 1. The van der Waals surface area contributed by atoms with Crippen molar-refractivity contribution in [2.24, 2.45) is 5.92 Å². The number of halogens is 1. The zero-order valence-electron chi connectivity index (χ0n) is 15.7. The third kappa shape index (κ3) is 5.65. The van der Waals surface area contributed by atoms with Crippen LogP contribution in [0.5, 0.6) is 0 Å². The van der Waals surface area contributed by atoms with Gasteiger partial charge in [0.2, 0.25) is 15.9 Å². The molecule has 1 saturated heterocycles. The van der Waals surface area contributed by atoms with Gasteiger partial charge in [0.05, 0.1) is 17.4 Å². The number of hydrogen-bond donors (Lipinski definition) is 1. The standard InChI is InChI=1S/C21H25BrN2O3S/c22-19-12-4-5-13-20(19)23-21(25)18-11-6-14-24(16-18)28(26,27)15-7-10-17-8-2-1-3-9-17/h1-5,8-9,12-13,18H,6-7,10-11,14-16H2,(H,23,25)/t18-/m0/s1. The van der Waals surface area contributed by atoms with E-state index in [1.54, 1.807) is 0 Å². The summed E-state index contributed by atoms with van der Waals surface area (Å²) in [5, 5.41) is 2.91. The van der Waals surface area contributed by atoms with Crippen molar-refractivity contribution in [3.05, 3.63) is 64.6 Å². The van der Waals surface area contributed by atoms with Gasteiger partial charge in [0, 0.05) is 17.6 Å². The Morgan fingerprint density at radius 1 is 1.11 bits per heavy atom. The highest BCUT2D eigenvalue weighted by Gasteiger charge is 2.32. The Morgan fingerprint density at radius 2 is 1.82 bits per heavy atom. The van der Waals surface area contributed by atoms with Crippen LogP contribution in [0.4, 0.5) is 5.69 Å². The summed E-state index contributed by atoms with van der Waals surface area (Å²) in [6, 6.07) is 17.3. The van der Waals surface area contributed by atoms with Gasteiger partial charge < -0.3 is 5.32 Å². The maximum atomic E-state index is 12.7. The number of nitrogens with one attached hydrogen (secondary N) is 1. The third-order valence-electron chi connectivity index (χ3n) is 4.99. The van der Waals surface area contributed by atoms with Crippen molar-refractivity contribution in [1.29, 1.82) is 0 Å². The van der Waals surface area contributed by atoms with Crippen LogP contribution < -0.4 is 5.32 Å². The molecule has 1 fully saturated rings. The predicted molar refractivity (Wildman–Crippen MR) is 116 cm³/mol. The number of para-hydroxylation sites is 1. The molecular weight excluding hydrogens is 440 g/mol. The van der Waals surface area contributed by atoms with E-state index in [4.69, 9.17) is 0 Å². The highest BCUT2D eigenvalue weighted by molar-refractivity contribution is 9.10. The average Bonchev–Trinajstić information content (AvgIpc) is 2.70. The number of amides is 1. The molecule has 0 bridgehead atoms. The van der Waals surface area contributed by atoms with Gasteiger partial charge in [0.15, 0.2) is 0 Å². The van der Waals surface area contributed by atoms with Crippen LogP contribution in [0.2, 0.25) is 0 Å². The molecule has 1 heterocycles. The Hall–Kier alpha value is -1.70. The number of sulfonamides is 1. The Bertz CT molecular complexity index is 903. The Balaban J connectivity index is 1.55. The highest BCUT2D eigenvalue weighted by Crippen LogP contribution is 2.25. The van der Waals surface area contributed by atoms with Gasteiger partial charge in [-0.25, -0.2) is 12.7 Å². The van der Waals surface area contributed by atoms with Gasteiger partial charge >= 0.3 is 0 Å². The van der Waals surface area contributed by atoms with Crippen molar-refractivity contribution >= 4 is 37.5 Å². The van der Waals surface area contributed by atoms with Gasteiger partial charge in [-0.1, -0.05) is 42.5 Å². The van der Waals surface area contributed by atoms with Gasteiger partial charge in [-0.2, -0.15) is 0 Å². The molecule has 2 aromatic carbocycles. The number of hydrogen-bond acceptors (Lipinski definition) is 3. The number of carbonyl (C=O) groups excluding carboxylic acids is 1. The number of rotatable bonds is 7. The Labute approximate surface area is 175 Å². The first-order chi connectivity index (χ1) is 13.5. The zero-order valence-corrected chi connectivity index (χ0v) is 18.1. The number of aryl methyl sites for hydroxylation is 1. The lowest BCUT2D eigenvalue weighted by molar-refractivity contribution is -0.120. The first kappa shape index (κ1) is 21.0. The fourth-order valence-corrected chi connectivity index (χ4v) is 5.40. The fourth-order valence-electron chi connectivity index (χ4n) is 3.44. The molecule has 1 aliphatic rings. The van der Waals surface area contributed by atoms with E-state index < -0.39 is 10.0 Å². The lowest BCUT2D eigenvalue weighted by Crippen LogP contribution is -2.44. The van der Waals surface area contributed by atoms with E-state index in [9.17, 15) is 13.2 Å². The van der Waals surface area contributed by atoms with Crippen molar-refractivity contribution in [3.63, 3.8) is 0 Å². The number of carbonyl (C=O) groups is 1. The molecule has 0 saturated carbocycles. The molecule has 0 aliphatic carbocycles. The van der Waals surface area contributed by atoms with Crippen LogP contribution >= 0.6 is 15.9 Å². The van der Waals surface area contributed by atoms with Crippen LogP contribution in [0.25, 0.3) is 0 Å². The summed E-state index contributed by atoms with van der Waals surface area (Å²) < 4.78 is 27.8. The Morgan fingerprint density at radius 3 is 2.57 bits per heavy atom. The van der Waals surface area contributed by atoms with Crippen LogP contribution in [0.15, 0.2) is 59.1 Å². The second kappa shape index (κ2) is 9.67. The molecule has 1 N–H and O–H groups in total. The normalized spacial score (nSPS) is 18.0. The summed E-state index contributed by atoms with van der Waals surface area (Å²) in [7, 11) is -3.36. The number of benzene rings is 2. The summed E-state index contributed by atoms with van der Waals surface area (Å²) in [5.41, 5.74) is 1.84. The van der Waals surface area contributed by atoms with Crippen molar-refractivity contribution in [1.82, 2.24) is 4.31 Å². The highest BCUT2D eigenvalue weighted by atomic mass is 79.9. The van der Waals surface area contributed by atoms with Crippen LogP contribution in [0.1, 0.15) is 24.8 Å². The summed E-state index contributed by atoms with van der Waals surface area (Å²) >= 11 is 3.42. The minimum atomic E-state index is -3.36. The summed E-state index contributed by atoms with van der Waals surface area (Å²) in [5.74, 6) is -0.346. The smallest absolute Gasteiger partial charge is 0.228 e. The molecule has 0 radical (unpaired) electrons. The van der Waals surface area contributed by atoms with Crippen LogP contribution in [-0.4, -0.2) is 37.5 Å². The molecule has 0 aromatic heterocycles. The number of piperidine rings is 1. The third-order valence-corrected chi connectivity index (χ3v) is 7.61. The van der Waals surface area contributed by atoms with E-state index in [1.807, 2.05) is 54.6 Å². The molecule has 0 unspecified atom stereocenters. The molecule has 150 valence electrons. The molecule has 1 aliphatic heterocycles. The molecular formula is C21H25BrN2O3S. The van der Waals surface area contributed by atoms with E-state index in [-0.39, 0.29) is 24.1 Å². The monoisotopic (exact) mass is 464 g/mol. The lowest BCUT2D eigenvalue weighted by Gasteiger charge is -2.31. The van der Waals surface area contributed by atoms with Gasteiger partial charge in [-0.05, 0) is 59.3 Å². The van der Waals surface area contributed by atoms with Gasteiger partial charge in [-0.15, -0.1) is 0 Å². The second-order valence-electron chi connectivity index (χ2n) is 7.07. The van der Waals surface area contributed by atoms with E-state index in [1.165, 1.54) is 4.31 Å². The topological polar surface area (TPSA) is 66.5 Å². The van der Waals surface area contributed by atoms with Crippen LogP contribution in [-0.2, 0) is 21.2 Å². The van der Waals surface area contributed by atoms with Crippen molar-refractivity contribution < 1.29 is 13.2 Å². The average molecular weight is 465 g/mol. The largest absolute Gasteiger partial charge is 0.325 e. The van der Waals surface area contributed by atoms with Crippen LogP contribution in [0, 0.1) is 5.92 Å². The fraction of sp³-hybridized carbons (Fsp3) is 0.381. The maximum Gasteiger partial charge on any atom is 0.228 e. The molecule has 0 spiro atoms. The zero-order chi connectivity index (χ0) is 20.0. The van der Waals surface area contributed by atoms with Crippen molar-refractivity contribution in [3.8, 4) is 0 Å². The van der Waals surface area contributed by atoms with E-state index >= 15 is 0 Å². The molecule has 1 amide bonds. The SMILES string of the molecule is O=C(Nc1ccccc1Br)[C@H]1CCCN(S(=O)(=O)CCCc2ccccc2)C1. The quantitative estimate of drug-likeness (QED) is 0.671. The van der Waals surface area contributed by atoms with E-state index in [0.29, 0.717) is 31.5 Å². The first-order valence-electron chi connectivity index (χ1n) is 9.53. The minimum Gasteiger partial charge on any atom is -0.325 e.